The Morgan fingerprint density at radius 1 is 1.35 bits per heavy atom. The maximum Gasteiger partial charge on any atom is 0.227 e. The van der Waals surface area contributed by atoms with Gasteiger partial charge in [-0.1, -0.05) is 13.8 Å². The number of carbonyl (C=O) groups is 1. The Labute approximate surface area is 106 Å². The van der Waals surface area contributed by atoms with E-state index in [9.17, 15) is 4.79 Å². The van der Waals surface area contributed by atoms with Gasteiger partial charge in [-0.2, -0.15) is 0 Å². The van der Waals surface area contributed by atoms with Gasteiger partial charge in [0.1, 0.15) is 0 Å². The minimum Gasteiger partial charge on any atom is -0.353 e. The molecule has 0 aromatic carbocycles. The van der Waals surface area contributed by atoms with Gasteiger partial charge in [-0.25, -0.2) is 0 Å². The first kappa shape index (κ1) is 14.5. The summed E-state index contributed by atoms with van der Waals surface area (Å²) in [4.78, 5) is 12.2. The Hall–Kier alpha value is -0.570. The van der Waals surface area contributed by atoms with Gasteiger partial charge in [0.05, 0.1) is 5.41 Å². The van der Waals surface area contributed by atoms with Crippen molar-refractivity contribution in [1.29, 1.82) is 0 Å². The number of amides is 1. The maximum absolute atomic E-state index is 12.2. The highest BCUT2D eigenvalue weighted by atomic mass is 16.2. The van der Waals surface area contributed by atoms with Crippen molar-refractivity contribution in [2.75, 3.05) is 13.1 Å². The van der Waals surface area contributed by atoms with E-state index in [4.69, 9.17) is 0 Å². The summed E-state index contributed by atoms with van der Waals surface area (Å²) in [5.74, 6) is 0.933. The number of carbonyl (C=O) groups excluding carboxylic acids is 1. The van der Waals surface area contributed by atoms with E-state index in [0.717, 1.165) is 32.4 Å². The Morgan fingerprint density at radius 2 is 2.06 bits per heavy atom. The van der Waals surface area contributed by atoms with Crippen LogP contribution in [0.3, 0.4) is 0 Å². The maximum atomic E-state index is 12.2. The van der Waals surface area contributed by atoms with E-state index in [1.807, 2.05) is 0 Å². The molecule has 0 aromatic heterocycles. The fourth-order valence-corrected chi connectivity index (χ4v) is 2.30. The highest BCUT2D eigenvalue weighted by Gasteiger charge is 2.34. The van der Waals surface area contributed by atoms with Crippen molar-refractivity contribution in [3.8, 4) is 0 Å². The van der Waals surface area contributed by atoms with Gasteiger partial charge in [-0.05, 0) is 52.0 Å². The van der Waals surface area contributed by atoms with E-state index in [1.54, 1.807) is 0 Å². The van der Waals surface area contributed by atoms with Crippen LogP contribution in [0, 0.1) is 11.3 Å². The van der Waals surface area contributed by atoms with Crippen LogP contribution in [0.4, 0.5) is 0 Å². The smallest absolute Gasteiger partial charge is 0.227 e. The highest BCUT2D eigenvalue weighted by molar-refractivity contribution is 5.82. The standard InChI is InChI=1S/C14H28N2O/c1-11(2)6-7-12(3)16-13(17)14(4)8-5-9-15-10-14/h11-12,15H,5-10H2,1-4H3,(H,16,17). The average molecular weight is 240 g/mol. The molecule has 0 aromatic rings. The molecule has 0 radical (unpaired) electrons. The summed E-state index contributed by atoms with van der Waals surface area (Å²) in [5, 5.41) is 6.49. The molecule has 1 saturated heterocycles. The molecule has 1 heterocycles. The Balaban J connectivity index is 2.36. The molecule has 3 nitrogen and oxygen atoms in total. The summed E-state index contributed by atoms with van der Waals surface area (Å²) in [5.41, 5.74) is -0.204. The van der Waals surface area contributed by atoms with Gasteiger partial charge < -0.3 is 10.6 Å². The molecule has 1 rings (SSSR count). The zero-order valence-electron chi connectivity index (χ0n) is 11.8. The fourth-order valence-electron chi connectivity index (χ4n) is 2.30. The largest absolute Gasteiger partial charge is 0.353 e. The van der Waals surface area contributed by atoms with Crippen LogP contribution in [0.25, 0.3) is 0 Å². The zero-order valence-corrected chi connectivity index (χ0v) is 11.8. The molecule has 100 valence electrons. The highest BCUT2D eigenvalue weighted by Crippen LogP contribution is 2.25. The van der Waals surface area contributed by atoms with E-state index < -0.39 is 0 Å². The average Bonchev–Trinajstić information content (AvgIpc) is 2.27. The third-order valence-corrected chi connectivity index (χ3v) is 3.70. The van der Waals surface area contributed by atoms with Crippen LogP contribution < -0.4 is 10.6 Å². The zero-order chi connectivity index (χ0) is 12.9. The van der Waals surface area contributed by atoms with Gasteiger partial charge in [0, 0.05) is 12.6 Å². The van der Waals surface area contributed by atoms with Crippen LogP contribution in [-0.4, -0.2) is 25.0 Å². The van der Waals surface area contributed by atoms with Crippen LogP contribution in [0.15, 0.2) is 0 Å². The lowest BCUT2D eigenvalue weighted by molar-refractivity contribution is -0.131. The van der Waals surface area contributed by atoms with E-state index >= 15 is 0 Å². The predicted octanol–water partition coefficient (Wildman–Crippen LogP) is 2.32. The third-order valence-electron chi connectivity index (χ3n) is 3.70. The fraction of sp³-hybridized carbons (Fsp3) is 0.929. The van der Waals surface area contributed by atoms with Crippen molar-refractivity contribution in [1.82, 2.24) is 10.6 Å². The number of piperidine rings is 1. The van der Waals surface area contributed by atoms with E-state index in [0.29, 0.717) is 12.0 Å². The van der Waals surface area contributed by atoms with Crippen LogP contribution in [-0.2, 0) is 4.79 Å². The van der Waals surface area contributed by atoms with Crippen molar-refractivity contribution >= 4 is 5.91 Å². The predicted molar refractivity (Wildman–Crippen MR) is 71.9 cm³/mol. The summed E-state index contributed by atoms with van der Waals surface area (Å²) in [7, 11) is 0. The van der Waals surface area contributed by atoms with Gasteiger partial charge in [0.25, 0.3) is 0 Å². The first-order chi connectivity index (χ1) is 7.94. The van der Waals surface area contributed by atoms with Gasteiger partial charge in [-0.3, -0.25) is 4.79 Å². The lowest BCUT2D eigenvalue weighted by atomic mass is 9.81. The summed E-state index contributed by atoms with van der Waals surface area (Å²) < 4.78 is 0. The minimum absolute atomic E-state index is 0.204. The molecular weight excluding hydrogens is 212 g/mol. The van der Waals surface area contributed by atoms with Gasteiger partial charge in [-0.15, -0.1) is 0 Å². The second-order valence-electron chi connectivity index (χ2n) is 6.19. The van der Waals surface area contributed by atoms with Crippen molar-refractivity contribution in [3.63, 3.8) is 0 Å². The summed E-state index contributed by atoms with van der Waals surface area (Å²) in [6.07, 6.45) is 4.36. The minimum atomic E-state index is -0.204. The van der Waals surface area contributed by atoms with E-state index in [2.05, 4.69) is 38.3 Å². The van der Waals surface area contributed by atoms with Crippen LogP contribution in [0.2, 0.25) is 0 Å². The van der Waals surface area contributed by atoms with Crippen LogP contribution >= 0.6 is 0 Å². The quantitative estimate of drug-likeness (QED) is 0.774. The number of hydrogen-bond acceptors (Lipinski definition) is 2. The van der Waals surface area contributed by atoms with Gasteiger partial charge in [0.15, 0.2) is 0 Å². The molecule has 0 bridgehead atoms. The molecule has 1 amide bonds. The first-order valence-corrected chi connectivity index (χ1v) is 6.96. The third kappa shape index (κ3) is 4.66. The lowest BCUT2D eigenvalue weighted by Gasteiger charge is -2.33. The van der Waals surface area contributed by atoms with E-state index in [-0.39, 0.29) is 11.3 Å². The van der Waals surface area contributed by atoms with Crippen molar-refractivity contribution in [3.05, 3.63) is 0 Å². The van der Waals surface area contributed by atoms with Crippen molar-refractivity contribution in [2.45, 2.75) is 59.4 Å². The molecule has 1 aliphatic heterocycles. The molecule has 0 aliphatic carbocycles. The summed E-state index contributed by atoms with van der Waals surface area (Å²) >= 11 is 0. The molecule has 3 heteroatoms. The first-order valence-electron chi connectivity index (χ1n) is 6.96. The SMILES string of the molecule is CC(C)CCC(C)NC(=O)C1(C)CCCNC1. The monoisotopic (exact) mass is 240 g/mol. The Kier molecular flexibility index (Phi) is 5.44. The molecule has 2 N–H and O–H groups in total. The molecule has 2 atom stereocenters. The summed E-state index contributed by atoms with van der Waals surface area (Å²) in [6.45, 7) is 10.5. The lowest BCUT2D eigenvalue weighted by Crippen LogP contribution is -2.50. The van der Waals surface area contributed by atoms with Crippen LogP contribution in [0.1, 0.15) is 53.4 Å². The van der Waals surface area contributed by atoms with Crippen molar-refractivity contribution in [2.24, 2.45) is 11.3 Å². The van der Waals surface area contributed by atoms with E-state index in [1.165, 1.54) is 6.42 Å². The Morgan fingerprint density at radius 3 is 2.59 bits per heavy atom. The number of nitrogens with one attached hydrogen (secondary N) is 2. The van der Waals surface area contributed by atoms with Gasteiger partial charge in [0.2, 0.25) is 5.91 Å². The van der Waals surface area contributed by atoms with Gasteiger partial charge >= 0.3 is 0 Å². The Bertz CT molecular complexity index is 245. The number of hydrogen-bond donors (Lipinski definition) is 2. The van der Waals surface area contributed by atoms with Crippen LogP contribution in [0.5, 0.6) is 0 Å². The molecule has 0 spiro atoms. The molecule has 1 fully saturated rings. The molecular formula is C14H28N2O. The number of rotatable bonds is 5. The molecule has 2 unspecified atom stereocenters. The molecule has 0 saturated carbocycles. The molecule has 17 heavy (non-hydrogen) atoms. The second-order valence-corrected chi connectivity index (χ2v) is 6.19. The molecule has 1 aliphatic rings. The van der Waals surface area contributed by atoms with Crippen molar-refractivity contribution < 1.29 is 4.79 Å². The summed E-state index contributed by atoms with van der Waals surface area (Å²) in [6, 6.07) is 0.295. The topological polar surface area (TPSA) is 41.1 Å². The normalized spacial score (nSPS) is 26.9. The second kappa shape index (κ2) is 6.39.